The molecule has 0 saturated carbocycles. The van der Waals surface area contributed by atoms with Gasteiger partial charge in [-0.1, -0.05) is 0 Å². The van der Waals surface area contributed by atoms with Crippen LogP contribution in [0.1, 0.15) is 31.7 Å². The summed E-state index contributed by atoms with van der Waals surface area (Å²) in [5, 5.41) is 2.90. The molecule has 2 aliphatic heterocycles. The Balaban J connectivity index is 1.59. The molecule has 174 valence electrons. The zero-order valence-electron chi connectivity index (χ0n) is 18.7. The van der Waals surface area contributed by atoms with Gasteiger partial charge in [0.15, 0.2) is 5.82 Å². The number of likely N-dealkylation sites (tertiary alicyclic amines) is 1. The van der Waals surface area contributed by atoms with E-state index in [1.165, 1.54) is 6.20 Å². The second-order valence-electron chi connectivity index (χ2n) is 8.83. The van der Waals surface area contributed by atoms with Crippen molar-refractivity contribution in [2.24, 2.45) is 11.5 Å². The summed E-state index contributed by atoms with van der Waals surface area (Å²) in [6.07, 6.45) is 5.54. The van der Waals surface area contributed by atoms with Crippen molar-refractivity contribution in [3.8, 4) is 11.5 Å². The molecule has 0 unspecified atom stereocenters. The summed E-state index contributed by atoms with van der Waals surface area (Å²) in [7, 11) is 0. The van der Waals surface area contributed by atoms with Crippen molar-refractivity contribution in [2.75, 3.05) is 25.0 Å². The van der Waals surface area contributed by atoms with E-state index in [0.717, 1.165) is 17.7 Å². The number of nitrogens with two attached hydrogens (primary N) is 2. The van der Waals surface area contributed by atoms with E-state index in [9.17, 15) is 9.59 Å². The Hall–Kier alpha value is -3.66. The SMILES string of the molecule is CC1(C)Cc2cc(NC(=O)C(=CN)c3ncccn3)c(O[C@@H]3CCN(CC(N)=O)C3)cc2O1. The molecule has 0 bridgehead atoms. The quantitative estimate of drug-likeness (QED) is 0.529. The van der Waals surface area contributed by atoms with E-state index in [-0.39, 0.29) is 35.6 Å². The molecule has 10 heteroatoms. The summed E-state index contributed by atoms with van der Waals surface area (Å²) in [4.78, 5) is 34.5. The van der Waals surface area contributed by atoms with Crippen molar-refractivity contribution >= 4 is 23.1 Å². The van der Waals surface area contributed by atoms with Gasteiger partial charge in [0.1, 0.15) is 23.2 Å². The van der Waals surface area contributed by atoms with Crippen LogP contribution in [0.3, 0.4) is 0 Å². The van der Waals surface area contributed by atoms with E-state index < -0.39 is 5.91 Å². The number of benzene rings is 1. The lowest BCUT2D eigenvalue weighted by Gasteiger charge is -2.20. The Morgan fingerprint density at radius 1 is 1.33 bits per heavy atom. The Kier molecular flexibility index (Phi) is 6.19. The molecule has 33 heavy (non-hydrogen) atoms. The third-order valence-corrected chi connectivity index (χ3v) is 5.53. The first kappa shape index (κ1) is 22.5. The molecule has 1 aromatic heterocycles. The highest BCUT2D eigenvalue weighted by Crippen LogP contribution is 2.42. The third kappa shape index (κ3) is 5.23. The van der Waals surface area contributed by atoms with Crippen LogP contribution >= 0.6 is 0 Å². The minimum Gasteiger partial charge on any atom is -0.487 e. The van der Waals surface area contributed by atoms with Gasteiger partial charge in [-0.05, 0) is 32.4 Å². The predicted molar refractivity (Wildman–Crippen MR) is 122 cm³/mol. The van der Waals surface area contributed by atoms with Crippen molar-refractivity contribution < 1.29 is 19.1 Å². The van der Waals surface area contributed by atoms with Gasteiger partial charge in [-0.25, -0.2) is 9.97 Å². The van der Waals surface area contributed by atoms with E-state index in [2.05, 4.69) is 15.3 Å². The number of hydrogen-bond donors (Lipinski definition) is 3. The van der Waals surface area contributed by atoms with Gasteiger partial charge in [-0.3, -0.25) is 14.5 Å². The highest BCUT2D eigenvalue weighted by atomic mass is 16.5. The maximum Gasteiger partial charge on any atom is 0.261 e. The van der Waals surface area contributed by atoms with Gasteiger partial charge in [0, 0.05) is 49.7 Å². The standard InChI is InChI=1S/C23H28N6O4/c1-23(2)10-14-8-17(28-22(31)16(11-24)21-26-5-3-6-27-21)19(9-18(14)33-23)32-15-4-7-29(12-15)13-20(25)30/h3,5-6,8-9,11,15H,4,7,10,12-13,24H2,1-2H3,(H2,25,30)(H,28,31)/t15-/m1/s1. The lowest BCUT2D eigenvalue weighted by molar-refractivity contribution is -0.119. The summed E-state index contributed by atoms with van der Waals surface area (Å²) in [5.41, 5.74) is 12.3. The number of primary amides is 1. The second-order valence-corrected chi connectivity index (χ2v) is 8.83. The van der Waals surface area contributed by atoms with Gasteiger partial charge in [0.05, 0.1) is 17.8 Å². The van der Waals surface area contributed by atoms with Gasteiger partial charge in [0.2, 0.25) is 5.91 Å². The average Bonchev–Trinajstić information content (AvgIpc) is 3.30. The maximum absolute atomic E-state index is 13.0. The van der Waals surface area contributed by atoms with Crippen LogP contribution in [0.2, 0.25) is 0 Å². The van der Waals surface area contributed by atoms with Gasteiger partial charge in [-0.15, -0.1) is 0 Å². The van der Waals surface area contributed by atoms with Gasteiger partial charge < -0.3 is 26.3 Å². The van der Waals surface area contributed by atoms with E-state index in [4.69, 9.17) is 20.9 Å². The number of aromatic nitrogens is 2. The van der Waals surface area contributed by atoms with Crippen LogP contribution in [-0.4, -0.2) is 58.0 Å². The molecule has 1 fully saturated rings. The summed E-state index contributed by atoms with van der Waals surface area (Å²) < 4.78 is 12.3. The zero-order valence-corrected chi connectivity index (χ0v) is 18.7. The molecule has 5 N–H and O–H groups in total. The molecular weight excluding hydrogens is 424 g/mol. The third-order valence-electron chi connectivity index (χ3n) is 5.53. The second kappa shape index (κ2) is 9.07. The van der Waals surface area contributed by atoms with Crippen LogP contribution in [0.25, 0.3) is 5.57 Å². The summed E-state index contributed by atoms with van der Waals surface area (Å²) in [6, 6.07) is 5.33. The lowest BCUT2D eigenvalue weighted by atomic mass is 10.0. The first-order valence-corrected chi connectivity index (χ1v) is 10.8. The molecule has 4 rings (SSSR count). The lowest BCUT2D eigenvalue weighted by Crippen LogP contribution is -2.33. The smallest absolute Gasteiger partial charge is 0.261 e. The van der Waals surface area contributed by atoms with Crippen LogP contribution in [-0.2, 0) is 16.0 Å². The van der Waals surface area contributed by atoms with Crippen molar-refractivity contribution in [2.45, 2.75) is 38.4 Å². The molecule has 1 saturated heterocycles. The van der Waals surface area contributed by atoms with Crippen LogP contribution in [0.4, 0.5) is 5.69 Å². The average molecular weight is 453 g/mol. The van der Waals surface area contributed by atoms with Crippen LogP contribution in [0, 0.1) is 0 Å². The van der Waals surface area contributed by atoms with Crippen LogP contribution in [0.5, 0.6) is 11.5 Å². The number of ether oxygens (including phenoxy) is 2. The fraction of sp³-hybridized carbons (Fsp3) is 0.391. The van der Waals surface area contributed by atoms with E-state index in [0.29, 0.717) is 30.9 Å². The Bertz CT molecular complexity index is 1090. The first-order chi connectivity index (χ1) is 15.7. The van der Waals surface area contributed by atoms with Crippen molar-refractivity contribution in [1.82, 2.24) is 14.9 Å². The Morgan fingerprint density at radius 3 is 2.79 bits per heavy atom. The largest absolute Gasteiger partial charge is 0.487 e. The van der Waals surface area contributed by atoms with Gasteiger partial charge in [0.25, 0.3) is 5.91 Å². The van der Waals surface area contributed by atoms with Crippen LogP contribution in [0.15, 0.2) is 36.8 Å². The number of anilines is 1. The molecule has 2 aliphatic rings. The molecular formula is C23H28N6O4. The minimum absolute atomic E-state index is 0.145. The number of carbonyl (C=O) groups excluding carboxylic acids is 2. The summed E-state index contributed by atoms with van der Waals surface area (Å²) in [5.74, 6) is 0.606. The number of nitrogens with zero attached hydrogens (tertiary/aromatic N) is 3. The zero-order chi connectivity index (χ0) is 23.6. The van der Waals surface area contributed by atoms with Crippen molar-refractivity contribution in [1.29, 1.82) is 0 Å². The fourth-order valence-electron chi connectivity index (χ4n) is 4.14. The van der Waals surface area contributed by atoms with E-state index in [1.807, 2.05) is 24.8 Å². The molecule has 3 heterocycles. The Labute approximate surface area is 192 Å². The number of rotatable bonds is 7. The molecule has 0 radical (unpaired) electrons. The van der Waals surface area contributed by atoms with E-state index >= 15 is 0 Å². The number of hydrogen-bond acceptors (Lipinski definition) is 8. The highest BCUT2D eigenvalue weighted by Gasteiger charge is 2.33. The number of nitrogens with one attached hydrogen (secondary N) is 1. The molecule has 0 spiro atoms. The molecule has 1 aromatic carbocycles. The van der Waals surface area contributed by atoms with Crippen molar-refractivity contribution in [3.05, 3.63) is 48.2 Å². The van der Waals surface area contributed by atoms with E-state index in [1.54, 1.807) is 24.5 Å². The predicted octanol–water partition coefficient (Wildman–Crippen LogP) is 1.07. The topological polar surface area (TPSA) is 146 Å². The van der Waals surface area contributed by atoms with Crippen molar-refractivity contribution in [3.63, 3.8) is 0 Å². The molecule has 2 aromatic rings. The van der Waals surface area contributed by atoms with Gasteiger partial charge >= 0.3 is 0 Å². The molecule has 1 atom stereocenters. The monoisotopic (exact) mass is 452 g/mol. The number of carbonyl (C=O) groups is 2. The Morgan fingerprint density at radius 2 is 2.09 bits per heavy atom. The number of fused-ring (bicyclic) bond motifs is 1. The van der Waals surface area contributed by atoms with Crippen LogP contribution < -0.4 is 26.3 Å². The normalized spacial score (nSPS) is 19.6. The first-order valence-electron chi connectivity index (χ1n) is 10.8. The van der Waals surface area contributed by atoms with Gasteiger partial charge in [-0.2, -0.15) is 0 Å². The highest BCUT2D eigenvalue weighted by molar-refractivity contribution is 6.24. The fourth-order valence-corrected chi connectivity index (χ4v) is 4.14. The minimum atomic E-state index is -0.451. The molecule has 2 amide bonds. The molecule has 10 nitrogen and oxygen atoms in total. The summed E-state index contributed by atoms with van der Waals surface area (Å²) >= 11 is 0. The number of amides is 2. The summed E-state index contributed by atoms with van der Waals surface area (Å²) in [6.45, 7) is 5.46. The molecule has 0 aliphatic carbocycles. The maximum atomic E-state index is 13.0.